The lowest BCUT2D eigenvalue weighted by molar-refractivity contribution is 0.169. The van der Waals surface area contributed by atoms with Crippen molar-refractivity contribution in [3.63, 3.8) is 0 Å². The molecule has 0 bridgehead atoms. The van der Waals surface area contributed by atoms with Gasteiger partial charge in [0.1, 0.15) is 0 Å². The van der Waals surface area contributed by atoms with Crippen LogP contribution in [0.25, 0.3) is 0 Å². The molecule has 3 nitrogen and oxygen atoms in total. The molecule has 0 radical (unpaired) electrons. The quantitative estimate of drug-likeness (QED) is 0.733. The average Bonchev–Trinajstić information content (AvgIpc) is 2.15. The van der Waals surface area contributed by atoms with E-state index in [9.17, 15) is 0 Å². The topological polar surface area (TPSA) is 49.7 Å². The lowest BCUT2D eigenvalue weighted by atomic mass is 10.1. The Hall–Kier alpha value is -0.470. The van der Waals surface area contributed by atoms with Crippen LogP contribution in [0.5, 0.6) is 0 Å². The summed E-state index contributed by atoms with van der Waals surface area (Å²) in [6.45, 7) is 1.94. The molecule has 0 heterocycles. The molecular weight excluding hydrogens is 187 g/mol. The van der Waals surface area contributed by atoms with E-state index in [1.807, 2.05) is 37.3 Å². The third-order valence-electron chi connectivity index (χ3n) is 1.76. The second-order valence-electron chi connectivity index (χ2n) is 2.67. The third-order valence-corrected chi connectivity index (χ3v) is 2.21. The molecule has 0 aliphatic heterocycles. The zero-order valence-electron chi connectivity index (χ0n) is 7.42. The van der Waals surface area contributed by atoms with Gasteiger partial charge in [-0.2, -0.15) is 0 Å². The van der Waals surface area contributed by atoms with E-state index in [0.717, 1.165) is 12.0 Å². The predicted octanol–water partition coefficient (Wildman–Crippen LogP) is 2.37. The van der Waals surface area contributed by atoms with E-state index in [4.69, 9.17) is 14.3 Å². The minimum Gasteiger partial charge on any atom is -0.328 e. The summed E-state index contributed by atoms with van der Waals surface area (Å²) in [6.07, 6.45) is 0.506. The zero-order valence-corrected chi connectivity index (χ0v) is 8.32. The average molecular weight is 200 g/mol. The third kappa shape index (κ3) is 3.41. The fraction of sp³-hybridized carbons (Fsp3) is 0.333. The zero-order chi connectivity index (χ0) is 9.68. The van der Waals surface area contributed by atoms with Crippen molar-refractivity contribution in [3.05, 3.63) is 35.9 Å². The molecule has 72 valence electrons. The maximum Gasteiger partial charge on any atom is 0.327 e. The first-order chi connectivity index (χ1) is 6.24. The molecule has 1 rings (SSSR count). The van der Waals surface area contributed by atoms with Gasteiger partial charge in [-0.25, -0.2) is 0 Å². The van der Waals surface area contributed by atoms with Gasteiger partial charge < -0.3 is 14.3 Å². The van der Waals surface area contributed by atoms with Gasteiger partial charge >= 0.3 is 8.60 Å². The van der Waals surface area contributed by atoms with Gasteiger partial charge in [0.05, 0.1) is 6.10 Å². The van der Waals surface area contributed by atoms with Crippen LogP contribution in [0.1, 0.15) is 25.0 Å². The smallest absolute Gasteiger partial charge is 0.327 e. The Morgan fingerprint density at radius 1 is 1.31 bits per heavy atom. The second-order valence-corrected chi connectivity index (χ2v) is 3.38. The predicted molar refractivity (Wildman–Crippen MR) is 51.9 cm³/mol. The fourth-order valence-corrected chi connectivity index (χ4v) is 1.65. The molecule has 0 saturated carbocycles. The van der Waals surface area contributed by atoms with Crippen molar-refractivity contribution in [2.75, 3.05) is 0 Å². The van der Waals surface area contributed by atoms with Gasteiger partial charge in [0, 0.05) is 0 Å². The van der Waals surface area contributed by atoms with Crippen LogP contribution in [0.3, 0.4) is 0 Å². The van der Waals surface area contributed by atoms with Crippen molar-refractivity contribution in [2.45, 2.75) is 19.4 Å². The molecular formula is C9H13O3P. The second kappa shape index (κ2) is 5.30. The van der Waals surface area contributed by atoms with Crippen molar-refractivity contribution >= 4 is 8.60 Å². The Bertz CT molecular complexity index is 238. The van der Waals surface area contributed by atoms with Crippen molar-refractivity contribution in [1.82, 2.24) is 0 Å². The van der Waals surface area contributed by atoms with Crippen LogP contribution in [0.15, 0.2) is 30.3 Å². The van der Waals surface area contributed by atoms with E-state index in [1.165, 1.54) is 0 Å². The molecule has 0 aliphatic carbocycles. The van der Waals surface area contributed by atoms with E-state index in [0.29, 0.717) is 0 Å². The summed E-state index contributed by atoms with van der Waals surface area (Å²) >= 11 is 0. The summed E-state index contributed by atoms with van der Waals surface area (Å²) in [5, 5.41) is 0. The molecule has 2 N–H and O–H groups in total. The van der Waals surface area contributed by atoms with Crippen LogP contribution in [-0.4, -0.2) is 9.79 Å². The molecule has 13 heavy (non-hydrogen) atoms. The van der Waals surface area contributed by atoms with Crippen molar-refractivity contribution in [3.8, 4) is 0 Å². The number of rotatable bonds is 4. The minimum absolute atomic E-state index is 0.220. The number of hydrogen-bond donors (Lipinski definition) is 2. The SMILES string of the molecule is CCC(OP(O)O)c1ccccc1. The van der Waals surface area contributed by atoms with Crippen LogP contribution >= 0.6 is 8.60 Å². The Labute approximate surface area is 79.0 Å². The summed E-state index contributed by atoms with van der Waals surface area (Å²) in [5.74, 6) is 0. The highest BCUT2D eigenvalue weighted by molar-refractivity contribution is 7.39. The largest absolute Gasteiger partial charge is 0.328 e. The molecule has 1 aromatic carbocycles. The summed E-state index contributed by atoms with van der Waals surface area (Å²) < 4.78 is 4.96. The van der Waals surface area contributed by atoms with Gasteiger partial charge in [-0.15, -0.1) is 0 Å². The summed E-state index contributed by atoms with van der Waals surface area (Å²) in [5.41, 5.74) is 0.973. The van der Waals surface area contributed by atoms with Crippen LogP contribution < -0.4 is 0 Å². The van der Waals surface area contributed by atoms with Gasteiger partial charge in [0.15, 0.2) is 0 Å². The Kier molecular flexibility index (Phi) is 4.33. The Balaban J connectivity index is 2.67. The lowest BCUT2D eigenvalue weighted by Gasteiger charge is -2.15. The first-order valence-electron chi connectivity index (χ1n) is 4.13. The summed E-state index contributed by atoms with van der Waals surface area (Å²) in [7, 11) is -2.27. The highest BCUT2D eigenvalue weighted by Crippen LogP contribution is 2.35. The van der Waals surface area contributed by atoms with E-state index in [2.05, 4.69) is 0 Å². The Morgan fingerprint density at radius 2 is 1.92 bits per heavy atom. The number of benzene rings is 1. The van der Waals surface area contributed by atoms with E-state index >= 15 is 0 Å². The van der Waals surface area contributed by atoms with Crippen LogP contribution in [0.4, 0.5) is 0 Å². The van der Waals surface area contributed by atoms with Crippen molar-refractivity contribution in [1.29, 1.82) is 0 Å². The van der Waals surface area contributed by atoms with Crippen LogP contribution in [-0.2, 0) is 4.52 Å². The van der Waals surface area contributed by atoms with E-state index in [1.54, 1.807) is 0 Å². The normalized spacial score (nSPS) is 13.2. The first kappa shape index (κ1) is 10.6. The molecule has 0 fully saturated rings. The molecule has 1 unspecified atom stereocenters. The van der Waals surface area contributed by atoms with Gasteiger partial charge in [-0.05, 0) is 12.0 Å². The van der Waals surface area contributed by atoms with Gasteiger partial charge in [0.2, 0.25) is 0 Å². The van der Waals surface area contributed by atoms with Gasteiger partial charge in [-0.1, -0.05) is 37.3 Å². The Morgan fingerprint density at radius 3 is 2.38 bits per heavy atom. The molecule has 0 aromatic heterocycles. The fourth-order valence-electron chi connectivity index (χ4n) is 1.15. The first-order valence-corrected chi connectivity index (χ1v) is 5.30. The molecule has 1 atom stereocenters. The van der Waals surface area contributed by atoms with Crippen molar-refractivity contribution in [2.24, 2.45) is 0 Å². The highest BCUT2D eigenvalue weighted by atomic mass is 31.2. The molecule has 0 aliphatic rings. The number of hydrogen-bond acceptors (Lipinski definition) is 3. The van der Waals surface area contributed by atoms with E-state index < -0.39 is 8.60 Å². The molecule has 0 spiro atoms. The standard InChI is InChI=1S/C9H13O3P/c1-2-9(12-13(10)11)8-6-4-3-5-7-8/h3-7,9-11H,2H2,1H3. The van der Waals surface area contributed by atoms with Crippen LogP contribution in [0.2, 0.25) is 0 Å². The van der Waals surface area contributed by atoms with Gasteiger partial charge in [0.25, 0.3) is 0 Å². The molecule has 4 heteroatoms. The van der Waals surface area contributed by atoms with E-state index in [-0.39, 0.29) is 6.10 Å². The highest BCUT2D eigenvalue weighted by Gasteiger charge is 2.13. The maximum absolute atomic E-state index is 8.71. The van der Waals surface area contributed by atoms with Crippen molar-refractivity contribution < 1.29 is 14.3 Å². The summed E-state index contributed by atoms with van der Waals surface area (Å²) in [4.78, 5) is 17.4. The van der Waals surface area contributed by atoms with Crippen LogP contribution in [0, 0.1) is 0 Å². The maximum atomic E-state index is 8.71. The molecule has 1 aromatic rings. The summed E-state index contributed by atoms with van der Waals surface area (Å²) in [6, 6.07) is 9.54. The monoisotopic (exact) mass is 200 g/mol. The minimum atomic E-state index is -2.27. The van der Waals surface area contributed by atoms with Gasteiger partial charge in [-0.3, -0.25) is 0 Å². The lowest BCUT2D eigenvalue weighted by Crippen LogP contribution is -1.99. The molecule has 0 saturated heterocycles. The molecule has 0 amide bonds.